The van der Waals surface area contributed by atoms with Gasteiger partial charge in [0.2, 0.25) is 0 Å². The summed E-state index contributed by atoms with van der Waals surface area (Å²) in [7, 11) is 0. The second kappa shape index (κ2) is 2.98. The smallest absolute Gasteiger partial charge is 0.0669 e. The summed E-state index contributed by atoms with van der Waals surface area (Å²) in [5.74, 6) is 0.759. The second-order valence-corrected chi connectivity index (χ2v) is 3.31. The molecule has 0 atom stereocenters. The van der Waals surface area contributed by atoms with Gasteiger partial charge in [-0.15, -0.1) is 0 Å². The minimum Gasteiger partial charge on any atom is -0.198 e. The van der Waals surface area contributed by atoms with Crippen LogP contribution in [0.25, 0.3) is 0 Å². The highest BCUT2D eigenvalue weighted by atomic mass is 14.3. The molecular weight excluding hydrogens is 146 g/mol. The molecule has 0 heterocycles. The molecule has 0 N–H and O–H groups in total. The van der Waals surface area contributed by atoms with Crippen LogP contribution in [0.1, 0.15) is 29.9 Å². The minimum absolute atomic E-state index is 0.562. The predicted octanol–water partition coefficient (Wildman–Crippen LogP) is 2.63. The Morgan fingerprint density at radius 1 is 1.33 bits per heavy atom. The van der Waals surface area contributed by atoms with Crippen molar-refractivity contribution < 1.29 is 0 Å². The predicted molar refractivity (Wildman–Crippen MR) is 47.7 cm³/mol. The highest BCUT2D eigenvalue weighted by Crippen LogP contribution is 2.41. The van der Waals surface area contributed by atoms with Crippen molar-refractivity contribution in [1.29, 1.82) is 5.26 Å². The van der Waals surface area contributed by atoms with Gasteiger partial charge >= 0.3 is 0 Å². The van der Waals surface area contributed by atoms with Crippen molar-refractivity contribution in [2.45, 2.75) is 25.2 Å². The Bertz CT molecular complexity index is 318. The van der Waals surface area contributed by atoms with Crippen molar-refractivity contribution in [2.24, 2.45) is 0 Å². The van der Waals surface area contributed by atoms with E-state index in [1.807, 2.05) is 6.07 Å². The highest BCUT2D eigenvalue weighted by Gasteiger charge is 2.25. The first-order chi connectivity index (χ1) is 5.92. The Morgan fingerprint density at radius 3 is 2.75 bits per heavy atom. The molecule has 1 aliphatic rings. The van der Waals surface area contributed by atoms with E-state index in [2.05, 4.69) is 24.3 Å². The van der Waals surface area contributed by atoms with Crippen LogP contribution in [0.5, 0.6) is 0 Å². The van der Waals surface area contributed by atoms with Gasteiger partial charge in [-0.1, -0.05) is 24.3 Å². The molecule has 0 bridgehead atoms. The monoisotopic (exact) mass is 157 g/mol. The molecule has 0 spiro atoms. The Morgan fingerprint density at radius 2 is 2.08 bits per heavy atom. The molecule has 0 saturated heterocycles. The molecule has 1 nitrogen and oxygen atoms in total. The summed E-state index contributed by atoms with van der Waals surface area (Å²) < 4.78 is 0. The first-order valence-corrected chi connectivity index (χ1v) is 4.36. The quantitative estimate of drug-likeness (QED) is 0.647. The zero-order valence-electron chi connectivity index (χ0n) is 6.96. The number of nitriles is 1. The van der Waals surface area contributed by atoms with Crippen molar-refractivity contribution in [2.75, 3.05) is 0 Å². The SMILES string of the molecule is N#CCc1ccccc1C1CC1. The van der Waals surface area contributed by atoms with Crippen molar-refractivity contribution in [3.63, 3.8) is 0 Å². The van der Waals surface area contributed by atoms with Crippen LogP contribution in [0.4, 0.5) is 0 Å². The maximum Gasteiger partial charge on any atom is 0.0669 e. The summed E-state index contributed by atoms with van der Waals surface area (Å²) in [6.07, 6.45) is 3.18. The van der Waals surface area contributed by atoms with Crippen LogP contribution in [-0.4, -0.2) is 0 Å². The van der Waals surface area contributed by atoms with Crippen molar-refractivity contribution in [3.05, 3.63) is 35.4 Å². The average molecular weight is 157 g/mol. The van der Waals surface area contributed by atoms with E-state index in [1.165, 1.54) is 24.0 Å². The lowest BCUT2D eigenvalue weighted by Gasteiger charge is -2.03. The van der Waals surface area contributed by atoms with Crippen LogP contribution >= 0.6 is 0 Å². The largest absolute Gasteiger partial charge is 0.198 e. The second-order valence-electron chi connectivity index (χ2n) is 3.31. The molecule has 0 radical (unpaired) electrons. The third-order valence-corrected chi connectivity index (χ3v) is 2.34. The van der Waals surface area contributed by atoms with Gasteiger partial charge in [0, 0.05) is 0 Å². The number of rotatable bonds is 2. The van der Waals surface area contributed by atoms with E-state index in [0.717, 1.165) is 5.92 Å². The van der Waals surface area contributed by atoms with E-state index in [-0.39, 0.29) is 0 Å². The molecule has 1 aromatic rings. The first kappa shape index (κ1) is 7.36. The molecule has 1 saturated carbocycles. The lowest BCUT2D eigenvalue weighted by atomic mass is 10.0. The van der Waals surface area contributed by atoms with Crippen LogP contribution in [-0.2, 0) is 6.42 Å². The van der Waals surface area contributed by atoms with Crippen LogP contribution in [0.3, 0.4) is 0 Å². The maximum atomic E-state index is 8.60. The third-order valence-electron chi connectivity index (χ3n) is 2.34. The van der Waals surface area contributed by atoms with E-state index < -0.39 is 0 Å². The van der Waals surface area contributed by atoms with Crippen molar-refractivity contribution >= 4 is 0 Å². The molecule has 1 aliphatic carbocycles. The van der Waals surface area contributed by atoms with Crippen molar-refractivity contribution in [1.82, 2.24) is 0 Å². The summed E-state index contributed by atoms with van der Waals surface area (Å²) >= 11 is 0. The molecular formula is C11H11N. The average Bonchev–Trinajstić information content (AvgIpc) is 2.89. The van der Waals surface area contributed by atoms with Gasteiger partial charge in [-0.25, -0.2) is 0 Å². The molecule has 1 fully saturated rings. The molecule has 1 aromatic carbocycles. The highest BCUT2D eigenvalue weighted by molar-refractivity contribution is 5.34. The summed E-state index contributed by atoms with van der Waals surface area (Å²) in [4.78, 5) is 0. The zero-order chi connectivity index (χ0) is 8.39. The Balaban J connectivity index is 2.31. The summed E-state index contributed by atoms with van der Waals surface area (Å²) in [5, 5.41) is 8.60. The van der Waals surface area contributed by atoms with E-state index in [1.54, 1.807) is 0 Å². The molecule has 0 aromatic heterocycles. The normalized spacial score (nSPS) is 15.6. The minimum atomic E-state index is 0.562. The Kier molecular flexibility index (Phi) is 1.83. The van der Waals surface area contributed by atoms with E-state index in [9.17, 15) is 0 Å². The molecule has 12 heavy (non-hydrogen) atoms. The van der Waals surface area contributed by atoms with Crippen molar-refractivity contribution in [3.8, 4) is 6.07 Å². The van der Waals surface area contributed by atoms with Gasteiger partial charge in [-0.3, -0.25) is 0 Å². The van der Waals surface area contributed by atoms with Crippen LogP contribution in [0, 0.1) is 11.3 Å². The summed E-state index contributed by atoms with van der Waals surface area (Å²) in [5.41, 5.74) is 2.63. The standard InChI is InChI=1S/C11H11N/c12-8-7-9-3-1-2-4-11(9)10-5-6-10/h1-4,10H,5-7H2. The third kappa shape index (κ3) is 1.33. The lowest BCUT2D eigenvalue weighted by Crippen LogP contribution is -1.89. The topological polar surface area (TPSA) is 23.8 Å². The van der Waals surface area contributed by atoms with E-state index in [0.29, 0.717) is 6.42 Å². The maximum absolute atomic E-state index is 8.60. The van der Waals surface area contributed by atoms with Gasteiger partial charge in [0.25, 0.3) is 0 Å². The summed E-state index contributed by atoms with van der Waals surface area (Å²) in [6, 6.07) is 10.5. The Labute approximate surface area is 72.6 Å². The fourth-order valence-electron chi connectivity index (χ4n) is 1.57. The zero-order valence-corrected chi connectivity index (χ0v) is 6.96. The van der Waals surface area contributed by atoms with Crippen LogP contribution in [0.15, 0.2) is 24.3 Å². The fraction of sp³-hybridized carbons (Fsp3) is 0.364. The molecule has 1 heteroatoms. The van der Waals surface area contributed by atoms with Gasteiger partial charge < -0.3 is 0 Å². The molecule has 0 aliphatic heterocycles. The first-order valence-electron chi connectivity index (χ1n) is 4.36. The molecule has 0 amide bonds. The molecule has 0 unspecified atom stereocenters. The van der Waals surface area contributed by atoms with Crippen LogP contribution < -0.4 is 0 Å². The lowest BCUT2D eigenvalue weighted by molar-refractivity contribution is 1.07. The number of hydrogen-bond acceptors (Lipinski definition) is 1. The van der Waals surface area contributed by atoms with Gasteiger partial charge in [-0.05, 0) is 29.9 Å². The number of nitrogens with zero attached hydrogens (tertiary/aromatic N) is 1. The van der Waals surface area contributed by atoms with Gasteiger partial charge in [0.1, 0.15) is 0 Å². The van der Waals surface area contributed by atoms with Gasteiger partial charge in [0.05, 0.1) is 12.5 Å². The summed E-state index contributed by atoms with van der Waals surface area (Å²) in [6.45, 7) is 0. The molecule has 2 rings (SSSR count). The Hall–Kier alpha value is -1.29. The fourth-order valence-corrected chi connectivity index (χ4v) is 1.57. The van der Waals surface area contributed by atoms with Gasteiger partial charge in [-0.2, -0.15) is 5.26 Å². The van der Waals surface area contributed by atoms with Crippen LogP contribution in [0.2, 0.25) is 0 Å². The van der Waals surface area contributed by atoms with E-state index in [4.69, 9.17) is 5.26 Å². The molecule has 60 valence electrons. The van der Waals surface area contributed by atoms with E-state index >= 15 is 0 Å². The van der Waals surface area contributed by atoms with Gasteiger partial charge in [0.15, 0.2) is 0 Å². The number of benzene rings is 1. The number of hydrogen-bond donors (Lipinski definition) is 0.